The first kappa shape index (κ1) is 17.8. The van der Waals surface area contributed by atoms with Crippen molar-refractivity contribution in [1.29, 1.82) is 0 Å². The van der Waals surface area contributed by atoms with Gasteiger partial charge in [-0.2, -0.15) is 4.31 Å². The van der Waals surface area contributed by atoms with E-state index in [9.17, 15) is 17.6 Å². The third kappa shape index (κ3) is 3.54. The Morgan fingerprint density at radius 2 is 2.04 bits per heavy atom. The number of likely N-dealkylation sites (N-methyl/N-ethyl adjacent to an activating group) is 1. The molecule has 1 N–H and O–H groups in total. The summed E-state index contributed by atoms with van der Waals surface area (Å²) in [4.78, 5) is 13.1. The van der Waals surface area contributed by atoms with Crippen molar-refractivity contribution < 1.29 is 17.6 Å². The fourth-order valence-corrected chi connectivity index (χ4v) is 4.71. The SMILES string of the molecule is CC(=O)Nc1cc(S(=O)(=O)N2CC[C@H](N(C)C)[C@H]2C)ccc1F. The van der Waals surface area contributed by atoms with Gasteiger partial charge in [-0.05, 0) is 45.6 Å². The molecule has 0 bridgehead atoms. The average Bonchev–Trinajstić information content (AvgIpc) is 2.83. The van der Waals surface area contributed by atoms with Crippen molar-refractivity contribution in [3.63, 3.8) is 0 Å². The van der Waals surface area contributed by atoms with E-state index in [4.69, 9.17) is 0 Å². The van der Waals surface area contributed by atoms with Crippen LogP contribution in [0.3, 0.4) is 0 Å². The minimum Gasteiger partial charge on any atom is -0.324 e. The van der Waals surface area contributed by atoms with E-state index >= 15 is 0 Å². The maximum atomic E-state index is 13.7. The summed E-state index contributed by atoms with van der Waals surface area (Å²) in [6, 6.07) is 3.42. The highest BCUT2D eigenvalue weighted by Crippen LogP contribution is 2.29. The van der Waals surface area contributed by atoms with Gasteiger partial charge in [0.15, 0.2) is 0 Å². The quantitative estimate of drug-likeness (QED) is 0.899. The van der Waals surface area contributed by atoms with Crippen molar-refractivity contribution >= 4 is 21.6 Å². The molecule has 1 aliphatic rings. The van der Waals surface area contributed by atoms with Crippen LogP contribution in [0.4, 0.5) is 10.1 Å². The number of sulfonamides is 1. The predicted octanol–water partition coefficient (Wildman–Crippen LogP) is 1.50. The molecule has 2 atom stereocenters. The topological polar surface area (TPSA) is 69.7 Å². The molecule has 0 aliphatic carbocycles. The molecule has 0 unspecified atom stereocenters. The van der Waals surface area contributed by atoms with Crippen LogP contribution in [0.2, 0.25) is 0 Å². The minimum absolute atomic E-state index is 0.0195. The maximum Gasteiger partial charge on any atom is 0.243 e. The Kier molecular flexibility index (Phi) is 5.07. The molecule has 1 fully saturated rings. The highest BCUT2D eigenvalue weighted by Gasteiger charge is 2.39. The summed E-state index contributed by atoms with van der Waals surface area (Å²) in [5.74, 6) is -1.12. The molecule has 6 nitrogen and oxygen atoms in total. The summed E-state index contributed by atoms with van der Waals surface area (Å²) in [6.45, 7) is 3.53. The number of amides is 1. The van der Waals surface area contributed by atoms with Crippen LogP contribution in [0.5, 0.6) is 0 Å². The number of nitrogens with one attached hydrogen (secondary N) is 1. The Labute approximate surface area is 136 Å². The van der Waals surface area contributed by atoms with Crippen molar-refractivity contribution in [2.24, 2.45) is 0 Å². The molecular weight excluding hydrogens is 321 g/mol. The van der Waals surface area contributed by atoms with Gasteiger partial charge in [-0.3, -0.25) is 4.79 Å². The van der Waals surface area contributed by atoms with Crippen molar-refractivity contribution in [2.45, 2.75) is 37.2 Å². The number of hydrogen-bond donors (Lipinski definition) is 1. The van der Waals surface area contributed by atoms with Gasteiger partial charge in [0.05, 0.1) is 10.6 Å². The molecule has 0 spiro atoms. The zero-order valence-electron chi connectivity index (χ0n) is 13.7. The van der Waals surface area contributed by atoms with E-state index in [0.29, 0.717) is 6.54 Å². The van der Waals surface area contributed by atoms with Gasteiger partial charge in [0.25, 0.3) is 0 Å². The highest BCUT2D eigenvalue weighted by atomic mass is 32.2. The van der Waals surface area contributed by atoms with Crippen LogP contribution < -0.4 is 5.32 Å². The lowest BCUT2D eigenvalue weighted by Crippen LogP contribution is -2.42. The van der Waals surface area contributed by atoms with E-state index in [-0.39, 0.29) is 22.7 Å². The second-order valence-electron chi connectivity index (χ2n) is 6.00. The van der Waals surface area contributed by atoms with E-state index < -0.39 is 21.7 Å². The van der Waals surface area contributed by atoms with E-state index in [0.717, 1.165) is 12.5 Å². The number of hydrogen-bond acceptors (Lipinski definition) is 4. The van der Waals surface area contributed by atoms with Crippen molar-refractivity contribution in [1.82, 2.24) is 9.21 Å². The summed E-state index contributed by atoms with van der Waals surface area (Å²) >= 11 is 0. The minimum atomic E-state index is -3.74. The normalized spacial score (nSPS) is 22.5. The average molecular weight is 343 g/mol. The molecule has 1 saturated heterocycles. The van der Waals surface area contributed by atoms with Crippen LogP contribution in [0, 0.1) is 5.82 Å². The third-order valence-corrected chi connectivity index (χ3v) is 6.16. The Hall–Kier alpha value is -1.51. The van der Waals surface area contributed by atoms with Crippen LogP contribution in [-0.4, -0.2) is 56.3 Å². The molecule has 0 radical (unpaired) electrons. The molecule has 1 aliphatic heterocycles. The molecule has 23 heavy (non-hydrogen) atoms. The molecule has 8 heteroatoms. The van der Waals surface area contributed by atoms with Crippen LogP contribution in [0.1, 0.15) is 20.3 Å². The second-order valence-corrected chi connectivity index (χ2v) is 7.89. The van der Waals surface area contributed by atoms with Gasteiger partial charge in [0, 0.05) is 25.6 Å². The molecule has 0 saturated carbocycles. The number of rotatable bonds is 4. The molecule has 128 valence electrons. The molecule has 1 amide bonds. The van der Waals surface area contributed by atoms with Crippen LogP contribution in [0.25, 0.3) is 0 Å². The van der Waals surface area contributed by atoms with Gasteiger partial charge >= 0.3 is 0 Å². The van der Waals surface area contributed by atoms with E-state index in [1.807, 2.05) is 25.9 Å². The predicted molar refractivity (Wildman–Crippen MR) is 86.1 cm³/mol. The summed E-state index contributed by atoms with van der Waals surface area (Å²) in [6.07, 6.45) is 0.743. The lowest BCUT2D eigenvalue weighted by Gasteiger charge is -2.28. The maximum absolute atomic E-state index is 13.7. The van der Waals surface area contributed by atoms with Crippen LogP contribution in [-0.2, 0) is 14.8 Å². The fourth-order valence-electron chi connectivity index (χ4n) is 3.01. The second kappa shape index (κ2) is 6.54. The van der Waals surface area contributed by atoms with E-state index in [1.165, 1.54) is 23.4 Å². The third-order valence-electron chi connectivity index (χ3n) is 4.17. The van der Waals surface area contributed by atoms with Gasteiger partial charge in [0.1, 0.15) is 5.82 Å². The number of halogens is 1. The van der Waals surface area contributed by atoms with Gasteiger partial charge in [-0.1, -0.05) is 0 Å². The number of carbonyl (C=O) groups is 1. The van der Waals surface area contributed by atoms with Crippen molar-refractivity contribution in [3.8, 4) is 0 Å². The molecular formula is C15H22FN3O3S. The Morgan fingerprint density at radius 3 is 2.57 bits per heavy atom. The monoisotopic (exact) mass is 343 g/mol. The molecule has 1 aromatic rings. The van der Waals surface area contributed by atoms with Gasteiger partial charge in [0.2, 0.25) is 15.9 Å². The molecule has 2 rings (SSSR count). The fraction of sp³-hybridized carbons (Fsp3) is 0.533. The Balaban J connectivity index is 2.35. The van der Waals surface area contributed by atoms with Crippen molar-refractivity contribution in [2.75, 3.05) is 26.0 Å². The first-order valence-corrected chi connectivity index (χ1v) is 8.84. The largest absolute Gasteiger partial charge is 0.324 e. The zero-order chi connectivity index (χ0) is 17.4. The lowest BCUT2D eigenvalue weighted by atomic mass is 10.1. The van der Waals surface area contributed by atoms with E-state index in [2.05, 4.69) is 5.32 Å². The Morgan fingerprint density at radius 1 is 1.39 bits per heavy atom. The zero-order valence-corrected chi connectivity index (χ0v) is 14.5. The number of benzene rings is 1. The van der Waals surface area contributed by atoms with E-state index in [1.54, 1.807) is 0 Å². The molecule has 1 aromatic carbocycles. The number of anilines is 1. The van der Waals surface area contributed by atoms with Gasteiger partial charge in [-0.15, -0.1) is 0 Å². The summed E-state index contributed by atoms with van der Waals surface area (Å²) in [5, 5.41) is 2.31. The molecule has 1 heterocycles. The molecule has 0 aromatic heterocycles. The standard InChI is InChI=1S/C15H22FN3O3S/c1-10-15(18(3)4)7-8-19(10)23(21,22)12-5-6-13(16)14(9-12)17-11(2)20/h5-6,9-10,15H,7-8H2,1-4H3,(H,17,20)/t10-,15+/m1/s1. The van der Waals surface area contributed by atoms with Crippen LogP contribution >= 0.6 is 0 Å². The highest BCUT2D eigenvalue weighted by molar-refractivity contribution is 7.89. The lowest BCUT2D eigenvalue weighted by molar-refractivity contribution is -0.114. The Bertz CT molecular complexity index is 706. The van der Waals surface area contributed by atoms with Crippen LogP contribution in [0.15, 0.2) is 23.1 Å². The first-order chi connectivity index (χ1) is 10.6. The van der Waals surface area contributed by atoms with Crippen molar-refractivity contribution in [3.05, 3.63) is 24.0 Å². The smallest absolute Gasteiger partial charge is 0.243 e. The summed E-state index contributed by atoms with van der Waals surface area (Å²) in [7, 11) is 0.101. The first-order valence-electron chi connectivity index (χ1n) is 7.40. The van der Waals surface area contributed by atoms with Gasteiger partial charge in [-0.25, -0.2) is 12.8 Å². The summed E-state index contributed by atoms with van der Waals surface area (Å²) < 4.78 is 40.8. The number of carbonyl (C=O) groups excluding carboxylic acids is 1. The van der Waals surface area contributed by atoms with Gasteiger partial charge < -0.3 is 10.2 Å². The number of nitrogens with zero attached hydrogens (tertiary/aromatic N) is 2. The summed E-state index contributed by atoms with van der Waals surface area (Å²) in [5.41, 5.74) is -0.130.